The highest BCUT2D eigenvalue weighted by Crippen LogP contribution is 2.28. The zero-order chi connectivity index (χ0) is 29.1. The van der Waals surface area contributed by atoms with Crippen LogP contribution in [0.25, 0.3) is 0 Å². The van der Waals surface area contributed by atoms with E-state index in [4.69, 9.17) is 18.0 Å². The van der Waals surface area contributed by atoms with Crippen LogP contribution < -0.4 is 26.6 Å². The molecule has 0 spiro atoms. The maximum atomic E-state index is 14.6. The minimum absolute atomic E-state index is 0.145. The molecule has 2 rings (SSSR count). The number of halogens is 2. The van der Waals surface area contributed by atoms with E-state index in [0.29, 0.717) is 17.2 Å². The minimum Gasteiger partial charge on any atom is -0.399 e. The van der Waals surface area contributed by atoms with Crippen LogP contribution in [-0.2, 0) is 9.59 Å². The molecular formula is C27H44F2N6O2S. The zero-order valence-corrected chi connectivity index (χ0v) is 24.3. The molecule has 0 unspecified atom stereocenters. The molecule has 1 heterocycles. The highest BCUT2D eigenvalue weighted by Gasteiger charge is 2.26. The highest BCUT2D eigenvalue weighted by molar-refractivity contribution is 7.80. The molecule has 1 aromatic carbocycles. The maximum absolute atomic E-state index is 14.6. The van der Waals surface area contributed by atoms with Gasteiger partial charge in [-0.05, 0) is 32.4 Å². The van der Waals surface area contributed by atoms with Gasteiger partial charge in [0.2, 0.25) is 11.8 Å². The number of amides is 2. The normalized spacial score (nSPS) is 13.1. The van der Waals surface area contributed by atoms with Crippen molar-refractivity contribution in [3.8, 4) is 0 Å². The van der Waals surface area contributed by atoms with Gasteiger partial charge in [0.15, 0.2) is 11.6 Å². The van der Waals surface area contributed by atoms with Crippen LogP contribution in [-0.4, -0.2) is 61.5 Å². The van der Waals surface area contributed by atoms with Crippen molar-refractivity contribution in [2.45, 2.75) is 53.9 Å². The molecule has 2 amide bonds. The number of carbonyl (C=O) groups excluding carboxylic acids is 2. The topological polar surface area (TPSA) is 103 Å². The lowest BCUT2D eigenvalue weighted by molar-refractivity contribution is -0.136. The van der Waals surface area contributed by atoms with Gasteiger partial charge in [-0.1, -0.05) is 51.6 Å². The van der Waals surface area contributed by atoms with E-state index in [-0.39, 0.29) is 55.8 Å². The molecule has 1 aliphatic heterocycles. The van der Waals surface area contributed by atoms with Crippen molar-refractivity contribution in [3.05, 3.63) is 47.8 Å². The Hall–Kier alpha value is -3.21. The second-order valence-electron chi connectivity index (χ2n) is 8.14. The molecule has 0 aromatic heterocycles. The Morgan fingerprint density at radius 3 is 2.16 bits per heavy atom. The number of benzene rings is 1. The maximum Gasteiger partial charge on any atom is 0.232 e. The number of hydrogen-bond donors (Lipinski definition) is 4. The van der Waals surface area contributed by atoms with Gasteiger partial charge in [-0.15, -0.1) is 0 Å². The van der Waals surface area contributed by atoms with Crippen molar-refractivity contribution >= 4 is 40.4 Å². The van der Waals surface area contributed by atoms with E-state index in [9.17, 15) is 18.4 Å². The van der Waals surface area contributed by atoms with Crippen LogP contribution in [0.2, 0.25) is 0 Å². The molecule has 0 atom stereocenters. The predicted molar refractivity (Wildman–Crippen MR) is 157 cm³/mol. The van der Waals surface area contributed by atoms with Crippen LogP contribution in [0.15, 0.2) is 36.2 Å². The van der Waals surface area contributed by atoms with Gasteiger partial charge >= 0.3 is 0 Å². The number of hydrogen-bond acceptors (Lipinski definition) is 6. The molecular weight excluding hydrogens is 510 g/mol. The third-order valence-corrected chi connectivity index (χ3v) is 5.36. The first kappa shape index (κ1) is 34.8. The Balaban J connectivity index is 0.00000150. The van der Waals surface area contributed by atoms with Crippen molar-refractivity contribution in [2.75, 3.05) is 50.0 Å². The number of nitrogens with one attached hydrogen (secondary N) is 3. The summed E-state index contributed by atoms with van der Waals surface area (Å²) in [4.78, 5) is 27.1. The van der Waals surface area contributed by atoms with Gasteiger partial charge in [-0.2, -0.15) is 0 Å². The third kappa shape index (κ3) is 13.4. The molecule has 1 saturated heterocycles. The number of carbonyl (C=O) groups is 2. The quantitative estimate of drug-likeness (QED) is 0.205. The summed E-state index contributed by atoms with van der Waals surface area (Å²) in [5, 5.41) is 8.04. The van der Waals surface area contributed by atoms with Crippen LogP contribution in [0, 0.1) is 11.6 Å². The Labute approximate surface area is 231 Å². The molecule has 214 valence electrons. The van der Waals surface area contributed by atoms with Gasteiger partial charge in [-0.3, -0.25) is 9.59 Å². The van der Waals surface area contributed by atoms with E-state index in [2.05, 4.69) is 41.9 Å². The average molecular weight is 555 g/mol. The first-order chi connectivity index (χ1) is 18.1. The summed E-state index contributed by atoms with van der Waals surface area (Å²) < 4.78 is 29.2. The molecule has 0 bridgehead atoms. The molecule has 11 heteroatoms. The number of anilines is 2. The van der Waals surface area contributed by atoms with Crippen molar-refractivity contribution in [3.63, 3.8) is 0 Å². The Morgan fingerprint density at radius 1 is 1.13 bits per heavy atom. The van der Waals surface area contributed by atoms with Crippen molar-refractivity contribution in [1.82, 2.24) is 15.5 Å². The van der Waals surface area contributed by atoms with E-state index in [1.54, 1.807) is 11.8 Å². The molecule has 0 radical (unpaired) electrons. The van der Waals surface area contributed by atoms with Gasteiger partial charge in [0.05, 0.1) is 11.5 Å². The number of thiocarbonyl (C=S) groups is 1. The van der Waals surface area contributed by atoms with Gasteiger partial charge in [0.1, 0.15) is 12.1 Å². The summed E-state index contributed by atoms with van der Waals surface area (Å²) in [5.74, 6) is -2.12. The molecule has 1 aromatic rings. The second-order valence-corrected chi connectivity index (χ2v) is 8.75. The minimum atomic E-state index is -0.720. The summed E-state index contributed by atoms with van der Waals surface area (Å²) in [6.45, 7) is 11.3. The lowest BCUT2D eigenvalue weighted by Crippen LogP contribution is -2.50. The first-order valence-corrected chi connectivity index (χ1v) is 13.3. The fraction of sp³-hybridized carbons (Fsp3) is 0.519. The molecule has 0 saturated carbocycles. The Morgan fingerprint density at radius 2 is 1.71 bits per heavy atom. The molecule has 0 aliphatic carbocycles. The molecule has 1 fully saturated rings. The fourth-order valence-electron chi connectivity index (χ4n) is 3.25. The number of allylic oxidation sites excluding steroid dienone is 2. The fourth-order valence-corrected chi connectivity index (χ4v) is 3.33. The number of nitrogens with zero attached hydrogens (tertiary/aromatic N) is 2. The van der Waals surface area contributed by atoms with E-state index in [1.807, 2.05) is 13.8 Å². The van der Waals surface area contributed by atoms with Gasteiger partial charge in [-0.25, -0.2) is 8.78 Å². The number of piperazine rings is 1. The first-order valence-electron chi connectivity index (χ1n) is 12.9. The molecule has 1 aliphatic rings. The van der Waals surface area contributed by atoms with Crippen LogP contribution in [0.4, 0.5) is 20.2 Å². The van der Waals surface area contributed by atoms with E-state index in [0.717, 1.165) is 0 Å². The second kappa shape index (κ2) is 19.8. The van der Waals surface area contributed by atoms with E-state index >= 15 is 0 Å². The zero-order valence-electron chi connectivity index (χ0n) is 23.5. The smallest absolute Gasteiger partial charge is 0.232 e. The summed E-state index contributed by atoms with van der Waals surface area (Å²) in [6, 6.07) is 2.37. The van der Waals surface area contributed by atoms with E-state index in [1.165, 1.54) is 43.1 Å². The number of rotatable bonds is 9. The Bertz CT molecular complexity index is 924. The lowest BCUT2D eigenvalue weighted by atomic mass is 10.2. The monoisotopic (exact) mass is 554 g/mol. The summed E-state index contributed by atoms with van der Waals surface area (Å²) in [6.07, 6.45) is 7.97. The van der Waals surface area contributed by atoms with Gasteiger partial charge < -0.3 is 31.5 Å². The van der Waals surface area contributed by atoms with Crippen LogP contribution in [0.1, 0.15) is 53.9 Å². The van der Waals surface area contributed by atoms with Gasteiger partial charge in [0, 0.05) is 50.8 Å². The van der Waals surface area contributed by atoms with Crippen LogP contribution >= 0.6 is 12.2 Å². The van der Waals surface area contributed by atoms with Crippen molar-refractivity contribution in [2.24, 2.45) is 5.73 Å². The molecule has 38 heavy (non-hydrogen) atoms. The average Bonchev–Trinajstić information content (AvgIpc) is 2.90. The predicted octanol–water partition coefficient (Wildman–Crippen LogP) is 4.29. The van der Waals surface area contributed by atoms with Crippen LogP contribution in [0.5, 0.6) is 0 Å². The standard InChI is InChI=1S/C19H26F2N6O2S.C6H12.C2H6/c1-12(30)24-10-13(22)11-25-14-7-15(20)19(16(21)8-14)27-5-3-26(4-6-27)18(29)9-17(28)23-2;1-3-5-6-4-2;1-2/h7-8,11,25H,3-6,9-10,22H2,1-2H3,(H,23,28)(H,24,30);3,5H,4,6H2,1-2H3;1-2H3/b13-11-;5-3-;. The van der Waals surface area contributed by atoms with Gasteiger partial charge in [0.25, 0.3) is 0 Å². The Kier molecular flexibility index (Phi) is 18.2. The van der Waals surface area contributed by atoms with Crippen molar-refractivity contribution in [1.29, 1.82) is 0 Å². The highest BCUT2D eigenvalue weighted by atomic mass is 32.1. The summed E-state index contributed by atoms with van der Waals surface area (Å²) >= 11 is 4.89. The lowest BCUT2D eigenvalue weighted by Gasteiger charge is -2.36. The van der Waals surface area contributed by atoms with Crippen molar-refractivity contribution < 1.29 is 18.4 Å². The number of nitrogens with two attached hydrogens (primary N) is 1. The third-order valence-electron chi connectivity index (χ3n) is 5.21. The molecule has 8 nitrogen and oxygen atoms in total. The molecule has 5 N–H and O–H groups in total. The number of unbranched alkanes of at least 4 members (excludes halogenated alkanes) is 1. The van der Waals surface area contributed by atoms with Crippen LogP contribution in [0.3, 0.4) is 0 Å². The summed E-state index contributed by atoms with van der Waals surface area (Å²) in [5.41, 5.74) is 6.28. The SMILES string of the molecule is C/C=C\CCC.CC.CNC(=O)CC(=O)N1CCN(c2c(F)cc(N/C=C(\N)CNC(C)=S)cc2F)CC1. The summed E-state index contributed by atoms with van der Waals surface area (Å²) in [7, 11) is 1.46. The van der Waals surface area contributed by atoms with E-state index < -0.39 is 11.6 Å². The largest absolute Gasteiger partial charge is 0.399 e.